The number of esters is 2. The lowest BCUT2D eigenvalue weighted by molar-refractivity contribution is -0.202. The van der Waals surface area contributed by atoms with Gasteiger partial charge < -0.3 is 10.1 Å². The van der Waals surface area contributed by atoms with E-state index in [0.717, 1.165) is 47.2 Å². The maximum absolute atomic E-state index is 12.5. The summed E-state index contributed by atoms with van der Waals surface area (Å²) in [5.41, 5.74) is 1.99. The number of carbonyl (C=O) groups is 2. The normalized spacial score (nSPS) is 19.0. The van der Waals surface area contributed by atoms with Gasteiger partial charge in [0.15, 0.2) is 0 Å². The lowest BCUT2D eigenvalue weighted by atomic mass is 9.91. The van der Waals surface area contributed by atoms with Gasteiger partial charge in [0, 0.05) is 11.3 Å². The zero-order chi connectivity index (χ0) is 26.8. The van der Waals surface area contributed by atoms with Crippen LogP contribution in [0.1, 0.15) is 42.9 Å². The number of nitrogens with one attached hydrogen (secondary N) is 1. The first-order valence-corrected chi connectivity index (χ1v) is 13.9. The number of piperidine rings is 2. The molecule has 2 fully saturated rings. The van der Waals surface area contributed by atoms with E-state index in [0.29, 0.717) is 43.1 Å². The van der Waals surface area contributed by atoms with Crippen LogP contribution in [0.3, 0.4) is 0 Å². The van der Waals surface area contributed by atoms with Gasteiger partial charge in [0.2, 0.25) is 0 Å². The second kappa shape index (κ2) is 10.9. The quantitative estimate of drug-likeness (QED) is 0.438. The minimum atomic E-state index is -5.23. The molecule has 0 radical (unpaired) electrons. The summed E-state index contributed by atoms with van der Waals surface area (Å²) < 4.78 is 66.8. The molecule has 9 nitrogen and oxygen atoms in total. The summed E-state index contributed by atoms with van der Waals surface area (Å²) in [5, 5.41) is 8.49. The maximum atomic E-state index is 12.5. The number of benzene rings is 1. The number of fused-ring (bicyclic) bond motifs is 1. The number of hydrogen-bond acceptors (Lipinski definition) is 8. The van der Waals surface area contributed by atoms with Crippen molar-refractivity contribution in [3.05, 3.63) is 35.5 Å². The number of hydrogen-bond donors (Lipinski definition) is 1. The molecule has 13 heteroatoms. The highest BCUT2D eigenvalue weighted by Gasteiger charge is 2.42. The molecule has 1 aromatic carbocycles. The minimum Gasteiger partial charge on any atom is -0.385 e. The van der Waals surface area contributed by atoms with E-state index in [9.17, 15) is 31.2 Å². The molecule has 0 spiro atoms. The highest BCUT2D eigenvalue weighted by molar-refractivity contribution is 7.89. The number of carbonyl (C=O) groups excluding carboxylic acids is 2. The number of rotatable bonds is 6. The van der Waals surface area contributed by atoms with Crippen molar-refractivity contribution in [3.8, 4) is 0 Å². The van der Waals surface area contributed by atoms with Crippen LogP contribution in [0, 0.1) is 5.92 Å². The van der Waals surface area contributed by atoms with E-state index in [1.165, 1.54) is 0 Å². The summed E-state index contributed by atoms with van der Waals surface area (Å²) in [6.07, 6.45) is 3.16. The standard InChI is InChI=1S/C24H29F3N4O5S/c1-37(34,35)31-20-14-17(3-2-16-6-10-28-11-7-16)4-5-19(20)22(29-31)18-8-12-30(13-9-18)15-21(32)36-23(33)24(25,26)27/h2-5,14,16,18,28H,6-13,15H2,1H3. The zero-order valence-electron chi connectivity index (χ0n) is 20.3. The van der Waals surface area contributed by atoms with Crippen LogP contribution in [0.4, 0.5) is 13.2 Å². The summed E-state index contributed by atoms with van der Waals surface area (Å²) in [4.78, 5) is 24.2. The van der Waals surface area contributed by atoms with Crippen molar-refractivity contribution in [2.45, 2.75) is 37.8 Å². The molecule has 0 atom stereocenters. The summed E-state index contributed by atoms with van der Waals surface area (Å²) in [5.74, 6) is -3.43. The monoisotopic (exact) mass is 542 g/mol. The Bertz CT molecular complexity index is 1290. The van der Waals surface area contributed by atoms with Gasteiger partial charge in [-0.15, -0.1) is 0 Å². The van der Waals surface area contributed by atoms with Crippen molar-refractivity contribution in [2.75, 3.05) is 39.0 Å². The van der Waals surface area contributed by atoms with E-state index in [4.69, 9.17) is 0 Å². The molecule has 2 saturated heterocycles. The van der Waals surface area contributed by atoms with Crippen molar-refractivity contribution in [2.24, 2.45) is 5.92 Å². The largest absolute Gasteiger partial charge is 0.491 e. The Labute approximate surface area is 212 Å². The Balaban J connectivity index is 1.47. The maximum Gasteiger partial charge on any atom is 0.491 e. The fraction of sp³-hybridized carbons (Fsp3) is 0.542. The number of likely N-dealkylation sites (tertiary alicyclic amines) is 1. The fourth-order valence-corrected chi connectivity index (χ4v) is 5.56. The third kappa shape index (κ3) is 6.76. The highest BCUT2D eigenvalue weighted by Crippen LogP contribution is 2.34. The average Bonchev–Trinajstić information content (AvgIpc) is 3.23. The van der Waals surface area contributed by atoms with Gasteiger partial charge in [0.1, 0.15) is 0 Å². The van der Waals surface area contributed by atoms with Gasteiger partial charge in [-0.25, -0.2) is 13.2 Å². The van der Waals surface area contributed by atoms with Crippen LogP contribution in [0.2, 0.25) is 0 Å². The Hall–Kier alpha value is -2.77. The number of allylic oxidation sites excluding steroid dienone is 1. The van der Waals surface area contributed by atoms with E-state index in [-0.39, 0.29) is 5.92 Å². The first-order valence-electron chi connectivity index (χ1n) is 12.1. The fourth-order valence-electron chi connectivity index (χ4n) is 4.81. The third-order valence-electron chi connectivity index (χ3n) is 6.73. The van der Waals surface area contributed by atoms with Gasteiger partial charge in [0.25, 0.3) is 10.0 Å². The van der Waals surface area contributed by atoms with Crippen LogP contribution in [-0.4, -0.2) is 79.6 Å². The van der Waals surface area contributed by atoms with Gasteiger partial charge >= 0.3 is 18.1 Å². The van der Waals surface area contributed by atoms with Crippen molar-refractivity contribution in [1.29, 1.82) is 0 Å². The number of halogens is 3. The zero-order valence-corrected chi connectivity index (χ0v) is 21.1. The molecule has 4 rings (SSSR count). The number of nitrogens with zero attached hydrogens (tertiary/aromatic N) is 3. The number of ether oxygens (including phenoxy) is 1. The van der Waals surface area contributed by atoms with Crippen LogP contribution < -0.4 is 5.32 Å². The smallest absolute Gasteiger partial charge is 0.385 e. The summed E-state index contributed by atoms with van der Waals surface area (Å²) in [6.45, 7) is 2.21. The molecular formula is C24H29F3N4O5S. The Morgan fingerprint density at radius 3 is 2.46 bits per heavy atom. The molecule has 1 aromatic heterocycles. The van der Waals surface area contributed by atoms with Crippen LogP contribution in [0.5, 0.6) is 0 Å². The number of aromatic nitrogens is 2. The lowest BCUT2D eigenvalue weighted by Gasteiger charge is -2.30. The first-order chi connectivity index (χ1) is 17.4. The van der Waals surface area contributed by atoms with Crippen LogP contribution in [0.15, 0.2) is 24.3 Å². The van der Waals surface area contributed by atoms with E-state index in [1.54, 1.807) is 4.90 Å². The second-order valence-electron chi connectivity index (χ2n) is 9.52. The highest BCUT2D eigenvalue weighted by atomic mass is 32.2. The summed E-state index contributed by atoms with van der Waals surface area (Å²) in [6, 6.07) is 5.61. The topological polar surface area (TPSA) is 111 Å². The summed E-state index contributed by atoms with van der Waals surface area (Å²) in [7, 11) is -3.67. The molecule has 0 bridgehead atoms. The molecule has 2 aliphatic rings. The van der Waals surface area contributed by atoms with Gasteiger partial charge in [-0.05, 0) is 69.4 Å². The molecule has 0 amide bonds. The third-order valence-corrected chi connectivity index (χ3v) is 7.63. The van der Waals surface area contributed by atoms with E-state index >= 15 is 0 Å². The predicted octanol–water partition coefficient (Wildman–Crippen LogP) is 2.67. The molecule has 202 valence electrons. The van der Waals surface area contributed by atoms with E-state index < -0.39 is 34.7 Å². The van der Waals surface area contributed by atoms with Crippen molar-refractivity contribution in [1.82, 2.24) is 19.4 Å². The second-order valence-corrected chi connectivity index (χ2v) is 11.3. The van der Waals surface area contributed by atoms with Crippen molar-refractivity contribution < 1.29 is 35.9 Å². The molecule has 2 aromatic rings. The first kappa shape index (κ1) is 27.3. The SMILES string of the molecule is CS(=O)(=O)n1nc(C2CCN(CC(=O)OC(=O)C(F)(F)F)CC2)c2ccc(C=CC3CCNCC3)cc21. The van der Waals surface area contributed by atoms with Gasteiger partial charge in [0.05, 0.1) is 24.0 Å². The molecule has 0 unspecified atom stereocenters. The van der Waals surface area contributed by atoms with Gasteiger partial charge in [-0.1, -0.05) is 24.3 Å². The molecule has 0 saturated carbocycles. The van der Waals surface area contributed by atoms with E-state index in [2.05, 4.69) is 21.2 Å². The average molecular weight is 543 g/mol. The Morgan fingerprint density at radius 2 is 1.84 bits per heavy atom. The van der Waals surface area contributed by atoms with Crippen molar-refractivity contribution >= 4 is 38.9 Å². The van der Waals surface area contributed by atoms with E-state index in [1.807, 2.05) is 24.3 Å². The Morgan fingerprint density at radius 1 is 1.16 bits per heavy atom. The lowest BCUT2D eigenvalue weighted by Crippen LogP contribution is -2.39. The van der Waals surface area contributed by atoms with Crippen LogP contribution in [0.25, 0.3) is 17.0 Å². The minimum absolute atomic E-state index is 0.106. The predicted molar refractivity (Wildman–Crippen MR) is 130 cm³/mol. The molecule has 37 heavy (non-hydrogen) atoms. The van der Waals surface area contributed by atoms with Crippen LogP contribution >= 0.6 is 0 Å². The molecule has 1 N–H and O–H groups in total. The van der Waals surface area contributed by atoms with Crippen molar-refractivity contribution in [3.63, 3.8) is 0 Å². The number of alkyl halides is 3. The summed E-state index contributed by atoms with van der Waals surface area (Å²) >= 11 is 0. The molecule has 3 heterocycles. The Kier molecular flexibility index (Phi) is 8.05. The molecule has 2 aliphatic heterocycles. The van der Waals surface area contributed by atoms with Gasteiger partial charge in [-0.2, -0.15) is 22.4 Å². The molecule has 0 aliphatic carbocycles. The van der Waals surface area contributed by atoms with Crippen LogP contribution in [-0.2, 0) is 24.3 Å². The molecular weight excluding hydrogens is 513 g/mol. The van der Waals surface area contributed by atoms with Gasteiger partial charge in [-0.3, -0.25) is 9.69 Å².